The quantitative estimate of drug-likeness (QED) is 0.639. The normalized spacial score (nSPS) is 18.0. The van der Waals surface area contributed by atoms with E-state index in [9.17, 15) is 0 Å². The minimum absolute atomic E-state index is 0.542. The van der Waals surface area contributed by atoms with Crippen molar-refractivity contribution < 1.29 is 0 Å². The Kier molecular flexibility index (Phi) is 7.30. The van der Waals surface area contributed by atoms with E-state index in [1.54, 1.807) is 0 Å². The average molecular weight is 303 g/mol. The predicted octanol–water partition coefficient (Wildman–Crippen LogP) is 4.00. The second-order valence-corrected chi connectivity index (χ2v) is 6.43. The molecule has 0 spiro atoms. The van der Waals surface area contributed by atoms with Crippen molar-refractivity contribution in [2.24, 2.45) is 11.8 Å². The van der Waals surface area contributed by atoms with Gasteiger partial charge >= 0.3 is 0 Å². The summed E-state index contributed by atoms with van der Waals surface area (Å²) in [6.07, 6.45) is 2.92. The van der Waals surface area contributed by atoms with E-state index in [-0.39, 0.29) is 0 Å². The van der Waals surface area contributed by atoms with Gasteiger partial charge in [0, 0.05) is 54.8 Å². The first kappa shape index (κ1) is 18.4. The van der Waals surface area contributed by atoms with Gasteiger partial charge in [-0.1, -0.05) is 47.1 Å². The van der Waals surface area contributed by atoms with Crippen LogP contribution in [0.15, 0.2) is 49.1 Å². The molecule has 2 N–H and O–H groups in total. The van der Waals surface area contributed by atoms with Crippen LogP contribution in [0.1, 0.15) is 40.0 Å². The van der Waals surface area contributed by atoms with E-state index >= 15 is 0 Å². The third-order valence-corrected chi connectivity index (χ3v) is 4.36. The third kappa shape index (κ3) is 5.28. The van der Waals surface area contributed by atoms with E-state index in [0.717, 1.165) is 50.3 Å². The number of nitrogens with one attached hydrogen (secondary N) is 2. The van der Waals surface area contributed by atoms with Gasteiger partial charge in [-0.15, -0.1) is 0 Å². The van der Waals surface area contributed by atoms with E-state index in [0.29, 0.717) is 11.8 Å². The van der Waals surface area contributed by atoms with E-state index in [2.05, 4.69) is 62.6 Å². The topological polar surface area (TPSA) is 27.3 Å². The summed E-state index contributed by atoms with van der Waals surface area (Å²) in [5.74, 6) is 1.16. The number of rotatable bonds is 10. The summed E-state index contributed by atoms with van der Waals surface area (Å²) in [6.45, 7) is 25.7. The van der Waals surface area contributed by atoms with Gasteiger partial charge in [-0.2, -0.15) is 0 Å². The molecule has 0 saturated carbocycles. The number of hydrogen-bond acceptors (Lipinski definition) is 3. The first-order valence-electron chi connectivity index (χ1n) is 8.34. The van der Waals surface area contributed by atoms with Crippen molar-refractivity contribution in [2.75, 3.05) is 19.6 Å². The van der Waals surface area contributed by atoms with Crippen LogP contribution in [0.5, 0.6) is 0 Å². The molecule has 0 amide bonds. The Morgan fingerprint density at radius 1 is 1.18 bits per heavy atom. The summed E-state index contributed by atoms with van der Waals surface area (Å²) in [7, 11) is 0. The Labute approximate surface area is 136 Å². The highest BCUT2D eigenvalue weighted by Crippen LogP contribution is 2.37. The van der Waals surface area contributed by atoms with E-state index < -0.39 is 0 Å². The van der Waals surface area contributed by atoms with Crippen molar-refractivity contribution in [1.82, 2.24) is 15.5 Å². The van der Waals surface area contributed by atoms with Gasteiger partial charge in [0.15, 0.2) is 0 Å². The zero-order chi connectivity index (χ0) is 16.7. The van der Waals surface area contributed by atoms with Crippen LogP contribution >= 0.6 is 0 Å². The molecule has 1 aliphatic heterocycles. The van der Waals surface area contributed by atoms with Crippen LogP contribution < -0.4 is 10.6 Å². The SMILES string of the molecule is C=C(CC)NCCC(=C)NCCN1C(=C)CC(C(C)C)C1=C. The van der Waals surface area contributed by atoms with Crippen LogP contribution in [0.2, 0.25) is 0 Å². The van der Waals surface area contributed by atoms with Crippen molar-refractivity contribution in [3.05, 3.63) is 49.1 Å². The van der Waals surface area contributed by atoms with E-state index in [1.165, 1.54) is 11.4 Å². The van der Waals surface area contributed by atoms with Gasteiger partial charge < -0.3 is 15.5 Å². The minimum Gasteiger partial charge on any atom is -0.388 e. The number of hydrogen-bond donors (Lipinski definition) is 2. The molecule has 124 valence electrons. The van der Waals surface area contributed by atoms with Crippen LogP contribution in [0.3, 0.4) is 0 Å². The number of nitrogens with zero attached hydrogens (tertiary/aromatic N) is 1. The first-order valence-corrected chi connectivity index (χ1v) is 8.34. The summed E-state index contributed by atoms with van der Waals surface area (Å²) in [5.41, 5.74) is 4.55. The Balaban J connectivity index is 2.26. The molecule has 1 saturated heterocycles. The minimum atomic E-state index is 0.542. The lowest BCUT2D eigenvalue weighted by molar-refractivity contribution is 0.405. The number of likely N-dealkylation sites (tertiary alicyclic amines) is 1. The van der Waals surface area contributed by atoms with Crippen LogP contribution in [0, 0.1) is 11.8 Å². The summed E-state index contributed by atoms with van der Waals surface area (Å²) >= 11 is 0. The lowest BCUT2D eigenvalue weighted by atomic mass is 9.92. The van der Waals surface area contributed by atoms with Gasteiger partial charge in [-0.25, -0.2) is 0 Å². The maximum absolute atomic E-state index is 4.26. The molecule has 0 radical (unpaired) electrons. The molecule has 0 aromatic rings. The predicted molar refractivity (Wildman–Crippen MR) is 97.1 cm³/mol. The molecule has 1 fully saturated rings. The standard InChI is InChI=1S/C19H33N3/c1-8-15(4)20-10-9-16(5)21-11-12-22-17(6)13-19(14(2)3)18(22)7/h14,19-21H,4-13H2,1-3H3. The fraction of sp³-hybridized carbons (Fsp3) is 0.579. The van der Waals surface area contributed by atoms with Gasteiger partial charge in [0.1, 0.15) is 0 Å². The molecular weight excluding hydrogens is 270 g/mol. The maximum Gasteiger partial charge on any atom is 0.0397 e. The first-order chi connectivity index (χ1) is 10.4. The van der Waals surface area contributed by atoms with Crippen molar-refractivity contribution in [3.8, 4) is 0 Å². The molecule has 1 atom stereocenters. The maximum atomic E-state index is 4.26. The second-order valence-electron chi connectivity index (χ2n) is 6.43. The Bertz CT molecular complexity index is 434. The summed E-state index contributed by atoms with van der Waals surface area (Å²) in [6, 6.07) is 0. The highest BCUT2D eigenvalue weighted by Gasteiger charge is 2.30. The van der Waals surface area contributed by atoms with Gasteiger partial charge in [0.25, 0.3) is 0 Å². The second kappa shape index (κ2) is 8.72. The number of allylic oxidation sites excluding steroid dienone is 3. The van der Waals surface area contributed by atoms with Crippen molar-refractivity contribution >= 4 is 0 Å². The van der Waals surface area contributed by atoms with Crippen molar-refractivity contribution in [1.29, 1.82) is 0 Å². The molecule has 0 aliphatic carbocycles. The van der Waals surface area contributed by atoms with Crippen molar-refractivity contribution in [3.63, 3.8) is 0 Å². The fourth-order valence-corrected chi connectivity index (χ4v) is 2.76. The Hall–Kier alpha value is -1.64. The average Bonchev–Trinajstić information content (AvgIpc) is 2.75. The van der Waals surface area contributed by atoms with E-state index in [1.807, 2.05) is 0 Å². The Morgan fingerprint density at radius 3 is 2.36 bits per heavy atom. The molecule has 0 aromatic heterocycles. The highest BCUT2D eigenvalue weighted by atomic mass is 15.2. The molecular formula is C19H33N3. The van der Waals surface area contributed by atoms with Gasteiger partial charge in [0.2, 0.25) is 0 Å². The molecule has 1 aliphatic rings. The molecule has 3 heteroatoms. The largest absolute Gasteiger partial charge is 0.388 e. The smallest absolute Gasteiger partial charge is 0.0397 e. The van der Waals surface area contributed by atoms with Crippen molar-refractivity contribution in [2.45, 2.75) is 40.0 Å². The van der Waals surface area contributed by atoms with Crippen LogP contribution in [-0.4, -0.2) is 24.5 Å². The fourth-order valence-electron chi connectivity index (χ4n) is 2.76. The third-order valence-electron chi connectivity index (χ3n) is 4.36. The molecule has 1 heterocycles. The van der Waals surface area contributed by atoms with Crippen LogP contribution in [0.25, 0.3) is 0 Å². The van der Waals surface area contributed by atoms with Crippen LogP contribution in [-0.2, 0) is 0 Å². The molecule has 0 aromatic carbocycles. The highest BCUT2D eigenvalue weighted by molar-refractivity contribution is 5.20. The lowest BCUT2D eigenvalue weighted by Gasteiger charge is -2.24. The zero-order valence-electron chi connectivity index (χ0n) is 14.7. The summed E-state index contributed by atoms with van der Waals surface area (Å²) < 4.78 is 0. The molecule has 22 heavy (non-hydrogen) atoms. The summed E-state index contributed by atoms with van der Waals surface area (Å²) in [5, 5.41) is 6.69. The Morgan fingerprint density at radius 2 is 1.82 bits per heavy atom. The van der Waals surface area contributed by atoms with Gasteiger partial charge in [-0.3, -0.25) is 0 Å². The molecule has 1 rings (SSSR count). The monoisotopic (exact) mass is 303 g/mol. The molecule has 0 bridgehead atoms. The molecule has 1 unspecified atom stereocenters. The molecule has 3 nitrogen and oxygen atoms in total. The lowest BCUT2D eigenvalue weighted by Crippen LogP contribution is -2.29. The van der Waals surface area contributed by atoms with Gasteiger partial charge in [-0.05, 0) is 18.8 Å². The van der Waals surface area contributed by atoms with E-state index in [4.69, 9.17) is 0 Å². The van der Waals surface area contributed by atoms with Crippen LogP contribution in [0.4, 0.5) is 0 Å². The zero-order valence-corrected chi connectivity index (χ0v) is 14.7. The van der Waals surface area contributed by atoms with Gasteiger partial charge in [0.05, 0.1) is 0 Å². The summed E-state index contributed by atoms with van der Waals surface area (Å²) in [4.78, 5) is 2.27.